The number of benzene rings is 1. The van der Waals surface area contributed by atoms with Crippen molar-refractivity contribution in [2.45, 2.75) is 26.7 Å². The van der Waals surface area contributed by atoms with E-state index in [1.165, 1.54) is 11.1 Å². The Morgan fingerprint density at radius 2 is 1.33 bits per heavy atom. The third-order valence-corrected chi connectivity index (χ3v) is 2.23. The Bertz CT molecular complexity index is 361. The van der Waals surface area contributed by atoms with E-state index in [1.807, 2.05) is 12.1 Å². The van der Waals surface area contributed by atoms with Crippen LogP contribution in [0.2, 0.25) is 0 Å². The van der Waals surface area contributed by atoms with Crippen LogP contribution in [0.15, 0.2) is 48.8 Å². The maximum atomic E-state index is 3.53. The number of halogens is 1. The molecule has 4 heteroatoms. The largest absolute Gasteiger partial charge is 0.344 e. The summed E-state index contributed by atoms with van der Waals surface area (Å²) >= 11 is 0. The van der Waals surface area contributed by atoms with Gasteiger partial charge >= 0.3 is 0 Å². The third-order valence-electron chi connectivity index (χ3n) is 2.23. The summed E-state index contributed by atoms with van der Waals surface area (Å²) in [5, 5.41) is 7.07. The first-order valence-corrected chi connectivity index (χ1v) is 5.48. The number of rotatable bonds is 1. The zero-order valence-corrected chi connectivity index (χ0v) is 12.9. The highest BCUT2D eigenvalue weighted by Crippen LogP contribution is 2.13. The topological polar surface area (TPSA) is 60.8 Å². The van der Waals surface area contributed by atoms with E-state index >= 15 is 0 Å². The Labute approximate surface area is 120 Å². The van der Waals surface area contributed by atoms with Crippen molar-refractivity contribution in [3.8, 4) is 0 Å². The summed E-state index contributed by atoms with van der Waals surface area (Å²) in [5.41, 5.74) is 2.76. The Kier molecular flexibility index (Phi) is 11.5. The van der Waals surface area contributed by atoms with Crippen molar-refractivity contribution >= 4 is 17.0 Å². The van der Waals surface area contributed by atoms with E-state index in [0.29, 0.717) is 5.92 Å². The molecular weight excluding hydrogens is 290 g/mol. The minimum Gasteiger partial charge on any atom is -0.344 e. The third kappa shape index (κ3) is 7.92. The molecule has 0 amide bonds. The summed E-state index contributed by atoms with van der Waals surface area (Å²) in [6.07, 6.45) is 3.28. The highest BCUT2D eigenvalue weighted by atomic mass is 79.9. The lowest BCUT2D eigenvalue weighted by Crippen LogP contribution is -1.85. The number of aromatic nitrogens is 2. The van der Waals surface area contributed by atoms with Gasteiger partial charge in [-0.25, -0.2) is 0 Å². The van der Waals surface area contributed by atoms with Gasteiger partial charge in [0, 0.05) is 12.4 Å². The van der Waals surface area contributed by atoms with E-state index in [9.17, 15) is 0 Å². The minimum atomic E-state index is 0. The number of aryl methyl sites for hydroxylation is 1. The summed E-state index contributed by atoms with van der Waals surface area (Å²) in [6, 6.07) is 12.4. The standard InChI is InChI=1S/C10H14.C4H4N2.BrH.H3N/c1-8(2)10-6-4-9(3)5-7-10;1-2-4-6-5-3-1;;/h4-8H,1-3H3;1-4H;1H;1H3. The second-order valence-corrected chi connectivity index (χ2v) is 3.98. The minimum absolute atomic E-state index is 0. The molecule has 18 heavy (non-hydrogen) atoms. The fraction of sp³-hybridized carbons (Fsp3) is 0.286. The predicted molar refractivity (Wildman–Crippen MR) is 82.6 cm³/mol. The van der Waals surface area contributed by atoms with Crippen LogP contribution in [0.3, 0.4) is 0 Å². The van der Waals surface area contributed by atoms with Crippen LogP contribution in [-0.4, -0.2) is 10.2 Å². The first kappa shape index (κ1) is 19.1. The van der Waals surface area contributed by atoms with Crippen LogP contribution in [0.5, 0.6) is 0 Å². The number of nitrogens with zero attached hydrogens (tertiary/aromatic N) is 2. The Morgan fingerprint density at radius 3 is 1.61 bits per heavy atom. The molecule has 100 valence electrons. The average molecular weight is 312 g/mol. The van der Waals surface area contributed by atoms with Gasteiger partial charge in [-0.2, -0.15) is 10.2 Å². The van der Waals surface area contributed by atoms with Crippen molar-refractivity contribution in [1.29, 1.82) is 0 Å². The highest BCUT2D eigenvalue weighted by molar-refractivity contribution is 8.93. The Morgan fingerprint density at radius 1 is 0.889 bits per heavy atom. The Hall–Kier alpha value is -1.26. The zero-order chi connectivity index (χ0) is 11.8. The molecule has 1 heterocycles. The van der Waals surface area contributed by atoms with E-state index in [-0.39, 0.29) is 23.1 Å². The molecule has 1 aromatic carbocycles. The molecule has 0 unspecified atom stereocenters. The average Bonchev–Trinajstić information content (AvgIpc) is 2.32. The lowest BCUT2D eigenvalue weighted by atomic mass is 10.0. The molecule has 1 aromatic heterocycles. The first-order chi connectivity index (χ1) is 7.70. The molecule has 2 rings (SSSR count). The quantitative estimate of drug-likeness (QED) is 0.852. The molecular formula is C14H22BrN3. The molecule has 0 aliphatic carbocycles. The van der Waals surface area contributed by atoms with Gasteiger partial charge in [-0.05, 0) is 30.5 Å². The molecule has 0 aliphatic heterocycles. The van der Waals surface area contributed by atoms with Crippen molar-refractivity contribution in [3.63, 3.8) is 0 Å². The maximum absolute atomic E-state index is 3.53. The van der Waals surface area contributed by atoms with Crippen LogP contribution >= 0.6 is 17.0 Å². The molecule has 0 atom stereocenters. The smallest absolute Gasteiger partial charge is 0.0496 e. The normalized spacial score (nSPS) is 8.44. The van der Waals surface area contributed by atoms with Crippen LogP contribution in [0.25, 0.3) is 0 Å². The molecule has 0 aliphatic rings. The van der Waals surface area contributed by atoms with Crippen molar-refractivity contribution in [1.82, 2.24) is 16.3 Å². The molecule has 3 N–H and O–H groups in total. The van der Waals surface area contributed by atoms with Crippen LogP contribution in [0.4, 0.5) is 0 Å². The Balaban J connectivity index is 0. The second-order valence-electron chi connectivity index (χ2n) is 3.98. The van der Waals surface area contributed by atoms with Crippen LogP contribution in [0, 0.1) is 6.92 Å². The van der Waals surface area contributed by atoms with E-state index in [0.717, 1.165) is 0 Å². The van der Waals surface area contributed by atoms with Crippen molar-refractivity contribution in [2.75, 3.05) is 0 Å². The summed E-state index contributed by atoms with van der Waals surface area (Å²) in [4.78, 5) is 0. The summed E-state index contributed by atoms with van der Waals surface area (Å²) in [7, 11) is 0. The molecule has 0 fully saturated rings. The van der Waals surface area contributed by atoms with Gasteiger partial charge in [0.2, 0.25) is 0 Å². The second kappa shape index (κ2) is 10.9. The predicted octanol–water partition coefficient (Wildman–Crippen LogP) is 4.33. The maximum Gasteiger partial charge on any atom is 0.0496 e. The van der Waals surface area contributed by atoms with Crippen molar-refractivity contribution in [2.24, 2.45) is 0 Å². The van der Waals surface area contributed by atoms with Gasteiger partial charge in [0.25, 0.3) is 0 Å². The van der Waals surface area contributed by atoms with Crippen LogP contribution < -0.4 is 6.15 Å². The van der Waals surface area contributed by atoms with E-state index in [2.05, 4.69) is 55.2 Å². The van der Waals surface area contributed by atoms with E-state index < -0.39 is 0 Å². The fourth-order valence-corrected chi connectivity index (χ4v) is 1.20. The van der Waals surface area contributed by atoms with Crippen LogP contribution in [-0.2, 0) is 0 Å². The van der Waals surface area contributed by atoms with E-state index in [1.54, 1.807) is 12.4 Å². The summed E-state index contributed by atoms with van der Waals surface area (Å²) in [5.74, 6) is 0.653. The lowest BCUT2D eigenvalue weighted by molar-refractivity contribution is 0.866. The van der Waals surface area contributed by atoms with Crippen LogP contribution in [0.1, 0.15) is 30.9 Å². The molecule has 3 nitrogen and oxygen atoms in total. The van der Waals surface area contributed by atoms with Gasteiger partial charge < -0.3 is 6.15 Å². The highest BCUT2D eigenvalue weighted by Gasteiger charge is 1.95. The van der Waals surface area contributed by atoms with Gasteiger partial charge in [0.15, 0.2) is 0 Å². The first-order valence-electron chi connectivity index (χ1n) is 5.48. The molecule has 0 saturated carbocycles. The van der Waals surface area contributed by atoms with Crippen molar-refractivity contribution in [3.05, 3.63) is 59.9 Å². The van der Waals surface area contributed by atoms with Gasteiger partial charge in [-0.1, -0.05) is 43.7 Å². The molecule has 0 bridgehead atoms. The van der Waals surface area contributed by atoms with Crippen molar-refractivity contribution < 1.29 is 0 Å². The number of hydrogen-bond acceptors (Lipinski definition) is 3. The fourth-order valence-electron chi connectivity index (χ4n) is 1.20. The monoisotopic (exact) mass is 311 g/mol. The van der Waals surface area contributed by atoms with Gasteiger partial charge in [0.1, 0.15) is 0 Å². The lowest BCUT2D eigenvalue weighted by Gasteiger charge is -2.03. The van der Waals surface area contributed by atoms with E-state index in [4.69, 9.17) is 0 Å². The number of hydrogen-bond donors (Lipinski definition) is 1. The molecule has 0 radical (unpaired) electrons. The van der Waals surface area contributed by atoms with Gasteiger partial charge in [0.05, 0.1) is 0 Å². The molecule has 0 saturated heterocycles. The zero-order valence-electron chi connectivity index (χ0n) is 11.2. The summed E-state index contributed by atoms with van der Waals surface area (Å²) < 4.78 is 0. The van der Waals surface area contributed by atoms with Gasteiger partial charge in [-0.3, -0.25) is 0 Å². The van der Waals surface area contributed by atoms with Gasteiger partial charge in [-0.15, -0.1) is 17.0 Å². The SMILES string of the molecule is Br.Cc1ccc(C(C)C)cc1.N.c1ccnnc1. The molecule has 0 spiro atoms. The molecule has 2 aromatic rings. The summed E-state index contributed by atoms with van der Waals surface area (Å²) in [6.45, 7) is 6.54.